The van der Waals surface area contributed by atoms with Crippen molar-refractivity contribution >= 4 is 16.9 Å². The Morgan fingerprint density at radius 1 is 1.29 bits per heavy atom. The predicted octanol–water partition coefficient (Wildman–Crippen LogP) is 2.30. The third-order valence-electron chi connectivity index (χ3n) is 1.76. The van der Waals surface area contributed by atoms with Crippen LogP contribution in [0.2, 0.25) is 0 Å². The van der Waals surface area contributed by atoms with Gasteiger partial charge in [-0.25, -0.2) is 9.97 Å². The van der Waals surface area contributed by atoms with Crippen LogP contribution >= 0.6 is 0 Å². The molecule has 0 spiro atoms. The van der Waals surface area contributed by atoms with Crippen molar-refractivity contribution in [1.82, 2.24) is 15.0 Å². The van der Waals surface area contributed by atoms with Gasteiger partial charge in [-0.1, -0.05) is 13.8 Å². The molecule has 4 heteroatoms. The molecule has 0 bridgehead atoms. The van der Waals surface area contributed by atoms with E-state index in [0.29, 0.717) is 0 Å². The number of fused-ring (bicyclic) bond motifs is 1. The largest absolute Gasteiger partial charge is 0.362 e. The molecule has 1 N–H and O–H groups in total. The van der Waals surface area contributed by atoms with Crippen LogP contribution in [-0.2, 0) is 0 Å². The molecular weight excluding hydrogens is 176 g/mol. The molecule has 14 heavy (non-hydrogen) atoms. The van der Waals surface area contributed by atoms with E-state index in [-0.39, 0.29) is 1.43 Å². The van der Waals surface area contributed by atoms with Gasteiger partial charge in [0.05, 0.1) is 5.39 Å². The van der Waals surface area contributed by atoms with Gasteiger partial charge in [-0.05, 0) is 6.07 Å². The highest BCUT2D eigenvalue weighted by molar-refractivity contribution is 5.86. The van der Waals surface area contributed by atoms with Crippen molar-refractivity contribution in [2.24, 2.45) is 0 Å². The molecule has 78 valence electrons. The highest BCUT2D eigenvalue weighted by atomic mass is 15.1. The van der Waals surface area contributed by atoms with Crippen molar-refractivity contribution in [3.63, 3.8) is 0 Å². The van der Waals surface area contributed by atoms with E-state index in [2.05, 4.69) is 15.0 Å². The number of nitrogens with one attached hydrogen (secondary N) is 1. The number of H-pyrrole nitrogens is 1. The first kappa shape index (κ1) is 10.5. The van der Waals surface area contributed by atoms with Gasteiger partial charge in [0.2, 0.25) is 0 Å². The highest BCUT2D eigenvalue weighted by Crippen LogP contribution is 2.18. The third-order valence-corrected chi connectivity index (χ3v) is 1.76. The monoisotopic (exact) mass is 194 g/mol. The quantitative estimate of drug-likeness (QED) is 0.757. The zero-order chi connectivity index (χ0) is 10.6. The summed E-state index contributed by atoms with van der Waals surface area (Å²) in [5, 5.41) is 1.06. The Hall–Kier alpha value is -1.58. The molecule has 2 rings (SSSR count). The summed E-state index contributed by atoms with van der Waals surface area (Å²) < 4.78 is 0. The molecule has 0 amide bonds. The molecule has 0 fully saturated rings. The summed E-state index contributed by atoms with van der Waals surface area (Å²) in [6, 6.07) is 1.98. The highest BCUT2D eigenvalue weighted by Gasteiger charge is 2.04. The summed E-state index contributed by atoms with van der Waals surface area (Å²) in [6.45, 7) is 4.00. The molecule has 0 atom stereocenters. The van der Waals surface area contributed by atoms with Crippen LogP contribution in [0.1, 0.15) is 15.3 Å². The first-order valence-corrected chi connectivity index (χ1v) is 4.74. The topological polar surface area (TPSA) is 44.8 Å². The third kappa shape index (κ3) is 1.84. The van der Waals surface area contributed by atoms with Crippen molar-refractivity contribution in [3.05, 3.63) is 18.6 Å². The van der Waals surface area contributed by atoms with Gasteiger partial charge in [0.15, 0.2) is 0 Å². The summed E-state index contributed by atoms with van der Waals surface area (Å²) >= 11 is 0. The summed E-state index contributed by atoms with van der Waals surface area (Å²) in [4.78, 5) is 13.3. The van der Waals surface area contributed by atoms with E-state index in [9.17, 15) is 0 Å². The number of anilines is 1. The number of hydrogen-bond acceptors (Lipinski definition) is 3. The fourth-order valence-electron chi connectivity index (χ4n) is 1.22. The Labute approximate surface area is 85.5 Å². The molecular formula is C10H18N4. The van der Waals surface area contributed by atoms with Gasteiger partial charge in [0.25, 0.3) is 0 Å². The van der Waals surface area contributed by atoms with Crippen LogP contribution < -0.4 is 4.90 Å². The molecule has 2 aromatic rings. The Bertz CT molecular complexity index is 397. The summed E-state index contributed by atoms with van der Waals surface area (Å²) in [5.41, 5.74) is 0.883. The van der Waals surface area contributed by atoms with Gasteiger partial charge in [-0.2, -0.15) is 0 Å². The minimum absolute atomic E-state index is 0. The Morgan fingerprint density at radius 2 is 2.00 bits per heavy atom. The van der Waals surface area contributed by atoms with Crippen molar-refractivity contribution in [1.29, 1.82) is 0 Å². The average molecular weight is 194 g/mol. The molecule has 0 radical (unpaired) electrons. The van der Waals surface area contributed by atoms with Crippen LogP contribution in [0.15, 0.2) is 18.6 Å². The standard InChI is InChI=1S/C8H10N4.C2H6.H2/c1-12(2)8-6-3-4-9-7(6)10-5-11-8;1-2;/h3-5H,1-2H3,(H,9,10,11);1-2H3;1H. The zero-order valence-electron chi connectivity index (χ0n) is 9.07. The van der Waals surface area contributed by atoms with E-state index < -0.39 is 0 Å². The van der Waals surface area contributed by atoms with Gasteiger partial charge in [0, 0.05) is 21.7 Å². The lowest BCUT2D eigenvalue weighted by atomic mass is 10.3. The maximum absolute atomic E-state index is 4.17. The normalized spacial score (nSPS) is 9.43. The molecule has 4 nitrogen and oxygen atoms in total. The average Bonchev–Trinajstić information content (AvgIpc) is 2.67. The molecule has 0 aliphatic rings. The van der Waals surface area contributed by atoms with Gasteiger partial charge in [0.1, 0.15) is 17.8 Å². The van der Waals surface area contributed by atoms with Crippen molar-refractivity contribution < 1.29 is 1.43 Å². The Balaban J connectivity index is 0.000000617. The second-order valence-corrected chi connectivity index (χ2v) is 2.83. The van der Waals surface area contributed by atoms with Crippen molar-refractivity contribution in [3.8, 4) is 0 Å². The van der Waals surface area contributed by atoms with Gasteiger partial charge < -0.3 is 9.88 Å². The van der Waals surface area contributed by atoms with Crippen LogP contribution in [0, 0.1) is 0 Å². The number of nitrogens with zero attached hydrogens (tertiary/aromatic N) is 3. The lowest BCUT2D eigenvalue weighted by Crippen LogP contribution is -2.10. The Kier molecular flexibility index (Phi) is 3.45. The first-order valence-electron chi connectivity index (χ1n) is 4.74. The lowest BCUT2D eigenvalue weighted by Gasteiger charge is -2.10. The van der Waals surface area contributed by atoms with E-state index in [0.717, 1.165) is 16.9 Å². The van der Waals surface area contributed by atoms with Gasteiger partial charge >= 0.3 is 0 Å². The summed E-state index contributed by atoms with van der Waals surface area (Å²) in [7, 11) is 3.93. The number of aromatic amines is 1. The van der Waals surface area contributed by atoms with Crippen LogP contribution in [-0.4, -0.2) is 29.0 Å². The maximum atomic E-state index is 4.17. The predicted molar refractivity (Wildman–Crippen MR) is 61.7 cm³/mol. The minimum Gasteiger partial charge on any atom is -0.362 e. The molecule has 0 unspecified atom stereocenters. The number of rotatable bonds is 1. The summed E-state index contributed by atoms with van der Waals surface area (Å²) in [5.74, 6) is 0.946. The van der Waals surface area contributed by atoms with Crippen molar-refractivity contribution in [2.45, 2.75) is 13.8 Å². The molecule has 0 saturated heterocycles. The van der Waals surface area contributed by atoms with Gasteiger partial charge in [-0.15, -0.1) is 0 Å². The maximum Gasteiger partial charge on any atom is 0.142 e. The fourth-order valence-corrected chi connectivity index (χ4v) is 1.22. The van der Waals surface area contributed by atoms with Crippen LogP contribution in [0.25, 0.3) is 11.0 Å². The molecule has 0 saturated carbocycles. The van der Waals surface area contributed by atoms with Crippen LogP contribution in [0.4, 0.5) is 5.82 Å². The molecule has 0 aliphatic carbocycles. The zero-order valence-corrected chi connectivity index (χ0v) is 9.07. The van der Waals surface area contributed by atoms with E-state index >= 15 is 0 Å². The Morgan fingerprint density at radius 3 is 2.64 bits per heavy atom. The first-order chi connectivity index (χ1) is 6.79. The van der Waals surface area contributed by atoms with E-state index in [1.54, 1.807) is 6.33 Å². The molecule has 0 aliphatic heterocycles. The van der Waals surface area contributed by atoms with Crippen LogP contribution in [0.5, 0.6) is 0 Å². The SMILES string of the molecule is CC.CN(C)c1ncnc2[nH]ccc12.[HH]. The lowest BCUT2D eigenvalue weighted by molar-refractivity contribution is 1.06. The smallest absolute Gasteiger partial charge is 0.142 e. The molecule has 0 aromatic carbocycles. The van der Waals surface area contributed by atoms with Crippen molar-refractivity contribution in [2.75, 3.05) is 19.0 Å². The van der Waals surface area contributed by atoms with E-state index in [4.69, 9.17) is 0 Å². The van der Waals surface area contributed by atoms with E-state index in [1.165, 1.54) is 0 Å². The molecule has 2 aromatic heterocycles. The fraction of sp³-hybridized carbons (Fsp3) is 0.400. The number of aromatic nitrogens is 3. The van der Waals surface area contributed by atoms with Crippen LogP contribution in [0.3, 0.4) is 0 Å². The second-order valence-electron chi connectivity index (χ2n) is 2.83. The summed E-state index contributed by atoms with van der Waals surface area (Å²) in [6.07, 6.45) is 3.43. The minimum atomic E-state index is 0. The van der Waals surface area contributed by atoms with Gasteiger partial charge in [-0.3, -0.25) is 0 Å². The molecule has 2 heterocycles. The second kappa shape index (κ2) is 4.60. The number of hydrogen-bond donors (Lipinski definition) is 1. The van der Waals surface area contributed by atoms with E-state index in [1.807, 2.05) is 45.1 Å².